The standard InChI is InChI=1S/C18H17Cl2N3O3/c1-10-4-3-5-13(17(10)25)18(26)23-22-11(2)8-16(24)21-15-7-6-12(19)9-14(15)20/h3-7,9,25H,8H2,1-2H3,(H,21,24)(H,23,26)/b22-11+. The number of nitrogens with one attached hydrogen (secondary N) is 2. The lowest BCUT2D eigenvalue weighted by atomic mass is 10.1. The van der Waals surface area contributed by atoms with Crippen LogP contribution in [-0.2, 0) is 4.79 Å². The average molecular weight is 394 g/mol. The van der Waals surface area contributed by atoms with E-state index in [1.54, 1.807) is 38.1 Å². The molecule has 0 unspecified atom stereocenters. The van der Waals surface area contributed by atoms with Crippen molar-refractivity contribution in [2.45, 2.75) is 20.3 Å². The molecule has 0 spiro atoms. The molecule has 2 aromatic carbocycles. The van der Waals surface area contributed by atoms with Gasteiger partial charge in [-0.15, -0.1) is 0 Å². The molecule has 0 aliphatic rings. The molecule has 3 N–H and O–H groups in total. The quantitative estimate of drug-likeness (QED) is 0.526. The first-order valence-electron chi connectivity index (χ1n) is 7.65. The van der Waals surface area contributed by atoms with Crippen LogP contribution in [0.5, 0.6) is 5.75 Å². The van der Waals surface area contributed by atoms with Crippen LogP contribution in [0.25, 0.3) is 0 Å². The lowest BCUT2D eigenvalue weighted by Gasteiger charge is -2.08. The Balaban J connectivity index is 1.96. The summed E-state index contributed by atoms with van der Waals surface area (Å²) in [4.78, 5) is 24.1. The maximum atomic E-state index is 12.1. The van der Waals surface area contributed by atoms with Gasteiger partial charge in [-0.2, -0.15) is 5.10 Å². The molecule has 0 radical (unpaired) electrons. The van der Waals surface area contributed by atoms with E-state index in [-0.39, 0.29) is 23.6 Å². The van der Waals surface area contributed by atoms with E-state index in [0.717, 1.165) is 0 Å². The second-order valence-corrected chi connectivity index (χ2v) is 6.45. The molecule has 2 rings (SSSR count). The minimum Gasteiger partial charge on any atom is -0.507 e. The zero-order valence-corrected chi connectivity index (χ0v) is 15.6. The zero-order valence-electron chi connectivity index (χ0n) is 14.1. The van der Waals surface area contributed by atoms with Gasteiger partial charge in [0.15, 0.2) is 0 Å². The largest absolute Gasteiger partial charge is 0.507 e. The van der Waals surface area contributed by atoms with Crippen LogP contribution < -0.4 is 10.7 Å². The molecule has 0 bridgehead atoms. The van der Waals surface area contributed by atoms with Crippen molar-refractivity contribution in [3.63, 3.8) is 0 Å². The molecule has 26 heavy (non-hydrogen) atoms. The number of carbonyl (C=O) groups excluding carboxylic acids is 2. The predicted octanol–water partition coefficient (Wildman–Crippen LogP) is 4.14. The van der Waals surface area contributed by atoms with Crippen LogP contribution in [0, 0.1) is 6.92 Å². The number of carbonyl (C=O) groups is 2. The average Bonchev–Trinajstić information content (AvgIpc) is 2.57. The van der Waals surface area contributed by atoms with Gasteiger partial charge in [-0.05, 0) is 43.7 Å². The van der Waals surface area contributed by atoms with Crippen LogP contribution >= 0.6 is 23.2 Å². The Hall–Kier alpha value is -2.57. The van der Waals surface area contributed by atoms with Crippen molar-refractivity contribution in [2.75, 3.05) is 5.32 Å². The molecule has 0 saturated carbocycles. The van der Waals surface area contributed by atoms with E-state index in [1.165, 1.54) is 12.1 Å². The van der Waals surface area contributed by atoms with Gasteiger partial charge in [0.25, 0.3) is 5.91 Å². The number of benzene rings is 2. The summed E-state index contributed by atoms with van der Waals surface area (Å²) in [7, 11) is 0. The van der Waals surface area contributed by atoms with E-state index in [0.29, 0.717) is 27.0 Å². The van der Waals surface area contributed by atoms with Crippen molar-refractivity contribution >= 4 is 46.4 Å². The molecule has 6 nitrogen and oxygen atoms in total. The predicted molar refractivity (Wildman–Crippen MR) is 103 cm³/mol. The summed E-state index contributed by atoms with van der Waals surface area (Å²) in [6, 6.07) is 9.55. The number of hydrogen-bond donors (Lipinski definition) is 3. The highest BCUT2D eigenvalue weighted by molar-refractivity contribution is 6.36. The first-order chi connectivity index (χ1) is 12.3. The highest BCUT2D eigenvalue weighted by Gasteiger charge is 2.12. The van der Waals surface area contributed by atoms with Crippen molar-refractivity contribution in [1.82, 2.24) is 5.43 Å². The number of amides is 2. The topological polar surface area (TPSA) is 90.8 Å². The molecule has 2 amide bonds. The molecule has 2 aromatic rings. The number of hydrazone groups is 1. The van der Waals surface area contributed by atoms with E-state index in [2.05, 4.69) is 15.8 Å². The van der Waals surface area contributed by atoms with Crippen LogP contribution in [-0.4, -0.2) is 22.6 Å². The minimum absolute atomic E-state index is 0.0426. The Morgan fingerprint density at radius 2 is 1.92 bits per heavy atom. The third-order valence-corrected chi connectivity index (χ3v) is 4.00. The number of aryl methyl sites for hydroxylation is 1. The van der Waals surface area contributed by atoms with Crippen LogP contribution in [0.2, 0.25) is 10.0 Å². The molecular formula is C18H17Cl2N3O3. The fraction of sp³-hybridized carbons (Fsp3) is 0.167. The fourth-order valence-corrected chi connectivity index (χ4v) is 2.56. The Morgan fingerprint density at radius 1 is 1.19 bits per heavy atom. The fourth-order valence-electron chi connectivity index (χ4n) is 2.11. The van der Waals surface area contributed by atoms with Gasteiger partial charge < -0.3 is 10.4 Å². The number of phenolic OH excluding ortho intramolecular Hbond substituents is 1. The number of halogens is 2. The molecule has 0 aliphatic carbocycles. The molecule has 0 aliphatic heterocycles. The number of aromatic hydroxyl groups is 1. The lowest BCUT2D eigenvalue weighted by molar-refractivity contribution is -0.115. The van der Waals surface area contributed by atoms with Crippen molar-refractivity contribution in [3.8, 4) is 5.75 Å². The molecule has 0 saturated heterocycles. The van der Waals surface area contributed by atoms with E-state index >= 15 is 0 Å². The van der Waals surface area contributed by atoms with Gasteiger partial charge in [-0.3, -0.25) is 9.59 Å². The smallest absolute Gasteiger partial charge is 0.275 e. The number of hydrogen-bond acceptors (Lipinski definition) is 4. The van der Waals surface area contributed by atoms with Gasteiger partial charge in [0.2, 0.25) is 5.91 Å². The summed E-state index contributed by atoms with van der Waals surface area (Å²) >= 11 is 11.8. The highest BCUT2D eigenvalue weighted by Crippen LogP contribution is 2.25. The summed E-state index contributed by atoms with van der Waals surface area (Å²) in [5, 5.41) is 17.2. The molecule has 0 fully saturated rings. The van der Waals surface area contributed by atoms with Crippen LogP contribution in [0.1, 0.15) is 29.3 Å². The Morgan fingerprint density at radius 3 is 2.62 bits per heavy atom. The molecule has 0 aromatic heterocycles. The monoisotopic (exact) mass is 393 g/mol. The number of para-hydroxylation sites is 1. The second kappa shape index (κ2) is 8.69. The molecular weight excluding hydrogens is 377 g/mol. The van der Waals surface area contributed by atoms with Crippen LogP contribution in [0.15, 0.2) is 41.5 Å². The van der Waals surface area contributed by atoms with E-state index in [9.17, 15) is 14.7 Å². The molecule has 8 heteroatoms. The highest BCUT2D eigenvalue weighted by atomic mass is 35.5. The first-order valence-corrected chi connectivity index (χ1v) is 8.40. The summed E-state index contributed by atoms with van der Waals surface area (Å²) in [6.45, 7) is 3.28. The third-order valence-electron chi connectivity index (χ3n) is 3.45. The first kappa shape index (κ1) is 19.8. The summed E-state index contributed by atoms with van der Waals surface area (Å²) in [6.07, 6.45) is -0.0426. The summed E-state index contributed by atoms with van der Waals surface area (Å²) in [5.41, 5.74) is 3.83. The third kappa shape index (κ3) is 5.21. The summed E-state index contributed by atoms with van der Waals surface area (Å²) in [5.74, 6) is -1.01. The van der Waals surface area contributed by atoms with Gasteiger partial charge in [-0.25, -0.2) is 5.43 Å². The van der Waals surface area contributed by atoms with E-state index in [4.69, 9.17) is 23.2 Å². The molecule has 136 valence electrons. The van der Waals surface area contributed by atoms with Crippen LogP contribution in [0.4, 0.5) is 5.69 Å². The van der Waals surface area contributed by atoms with E-state index < -0.39 is 5.91 Å². The van der Waals surface area contributed by atoms with Crippen molar-refractivity contribution in [3.05, 3.63) is 57.6 Å². The number of anilines is 1. The Kier molecular flexibility index (Phi) is 6.60. The normalized spacial score (nSPS) is 11.2. The van der Waals surface area contributed by atoms with Gasteiger partial charge in [-0.1, -0.05) is 35.3 Å². The number of phenols is 1. The Bertz CT molecular complexity index is 882. The molecule has 0 atom stereocenters. The van der Waals surface area contributed by atoms with Crippen molar-refractivity contribution < 1.29 is 14.7 Å². The lowest BCUT2D eigenvalue weighted by Crippen LogP contribution is -2.21. The zero-order chi connectivity index (χ0) is 19.3. The Labute approximate surface area is 160 Å². The van der Waals surface area contributed by atoms with Gasteiger partial charge in [0.05, 0.1) is 22.7 Å². The van der Waals surface area contributed by atoms with E-state index in [1.807, 2.05) is 0 Å². The second-order valence-electron chi connectivity index (χ2n) is 5.61. The van der Waals surface area contributed by atoms with Gasteiger partial charge in [0.1, 0.15) is 5.75 Å². The van der Waals surface area contributed by atoms with Gasteiger partial charge >= 0.3 is 0 Å². The number of nitrogens with zero attached hydrogens (tertiary/aromatic N) is 1. The van der Waals surface area contributed by atoms with Gasteiger partial charge in [0, 0.05) is 10.7 Å². The number of rotatable bonds is 5. The van der Waals surface area contributed by atoms with Crippen molar-refractivity contribution in [1.29, 1.82) is 0 Å². The van der Waals surface area contributed by atoms with Crippen LogP contribution in [0.3, 0.4) is 0 Å². The SMILES string of the molecule is C/C(CC(=O)Nc1ccc(Cl)cc1Cl)=N\NC(=O)c1cccc(C)c1O. The molecule has 0 heterocycles. The summed E-state index contributed by atoms with van der Waals surface area (Å²) < 4.78 is 0. The minimum atomic E-state index is -0.563. The maximum Gasteiger partial charge on any atom is 0.275 e. The van der Waals surface area contributed by atoms with Crippen molar-refractivity contribution in [2.24, 2.45) is 5.10 Å². The maximum absolute atomic E-state index is 12.1.